The van der Waals surface area contributed by atoms with Crippen LogP contribution in [-0.2, 0) is 6.42 Å². The van der Waals surface area contributed by atoms with E-state index in [0.717, 1.165) is 39.8 Å². The number of anilines is 2. The van der Waals surface area contributed by atoms with Crippen molar-refractivity contribution in [2.45, 2.75) is 6.42 Å². The molecule has 1 aromatic heterocycles. The van der Waals surface area contributed by atoms with E-state index in [9.17, 15) is 0 Å². The highest BCUT2D eigenvalue weighted by atomic mass is 32.1. The number of aromatic nitrogens is 1. The molecule has 0 saturated carbocycles. The number of benzene rings is 2. The molecule has 21 heavy (non-hydrogen) atoms. The summed E-state index contributed by atoms with van der Waals surface area (Å²) in [5.74, 6) is 0.892. The molecule has 0 amide bonds. The monoisotopic (exact) mass is 299 g/mol. The third-order valence-corrected chi connectivity index (χ3v) is 4.21. The van der Waals surface area contributed by atoms with Crippen molar-refractivity contribution in [2.75, 3.05) is 24.7 Å². The van der Waals surface area contributed by atoms with Gasteiger partial charge in [-0.15, -0.1) is 0 Å². The number of thiazole rings is 1. The standard InChI is InChI=1S/C16H17N3OS/c1-20-13-4-2-3-11(9-13)7-8-18-16-19-14-6-5-12(17)10-15(14)21-16/h2-6,9-10H,7-8,17H2,1H3,(H,18,19). The van der Waals surface area contributed by atoms with Gasteiger partial charge in [0.1, 0.15) is 5.75 Å². The van der Waals surface area contributed by atoms with Gasteiger partial charge in [-0.25, -0.2) is 4.98 Å². The molecule has 0 aliphatic carbocycles. The van der Waals surface area contributed by atoms with E-state index in [1.165, 1.54) is 5.56 Å². The Morgan fingerprint density at radius 2 is 2.14 bits per heavy atom. The van der Waals surface area contributed by atoms with Crippen LogP contribution in [0, 0.1) is 0 Å². The molecule has 4 nitrogen and oxygen atoms in total. The van der Waals surface area contributed by atoms with Crippen molar-refractivity contribution in [1.82, 2.24) is 4.98 Å². The molecule has 0 bridgehead atoms. The number of ether oxygens (including phenoxy) is 1. The molecule has 0 unspecified atom stereocenters. The van der Waals surface area contributed by atoms with Gasteiger partial charge in [-0.05, 0) is 42.3 Å². The number of rotatable bonds is 5. The Bertz CT molecular complexity index is 754. The Morgan fingerprint density at radius 3 is 3.00 bits per heavy atom. The summed E-state index contributed by atoms with van der Waals surface area (Å²) >= 11 is 1.63. The lowest BCUT2D eigenvalue weighted by molar-refractivity contribution is 0.414. The number of hydrogen-bond acceptors (Lipinski definition) is 5. The Balaban J connectivity index is 1.63. The fourth-order valence-electron chi connectivity index (χ4n) is 2.16. The third-order valence-electron chi connectivity index (χ3n) is 3.24. The summed E-state index contributed by atoms with van der Waals surface area (Å²) < 4.78 is 6.34. The van der Waals surface area contributed by atoms with Gasteiger partial charge >= 0.3 is 0 Å². The van der Waals surface area contributed by atoms with Crippen LogP contribution in [0.1, 0.15) is 5.56 Å². The molecule has 1 heterocycles. The Morgan fingerprint density at radius 1 is 1.24 bits per heavy atom. The van der Waals surface area contributed by atoms with Crippen molar-refractivity contribution in [3.8, 4) is 5.75 Å². The van der Waals surface area contributed by atoms with Crippen LogP contribution >= 0.6 is 11.3 Å². The minimum Gasteiger partial charge on any atom is -0.497 e. The molecule has 5 heteroatoms. The molecule has 0 saturated heterocycles. The zero-order chi connectivity index (χ0) is 14.7. The lowest BCUT2D eigenvalue weighted by atomic mass is 10.1. The predicted octanol–water partition coefficient (Wildman–Crippen LogP) is 3.54. The first kappa shape index (κ1) is 13.7. The molecule has 0 spiro atoms. The van der Waals surface area contributed by atoms with Crippen LogP contribution in [0.15, 0.2) is 42.5 Å². The fraction of sp³-hybridized carbons (Fsp3) is 0.188. The van der Waals surface area contributed by atoms with Gasteiger partial charge in [-0.3, -0.25) is 0 Å². The number of nitrogens with two attached hydrogens (primary N) is 1. The van der Waals surface area contributed by atoms with Crippen LogP contribution in [0.4, 0.5) is 10.8 Å². The zero-order valence-corrected chi connectivity index (χ0v) is 12.6. The van der Waals surface area contributed by atoms with Gasteiger partial charge in [0, 0.05) is 12.2 Å². The minimum absolute atomic E-state index is 0.772. The number of nitrogen functional groups attached to an aromatic ring is 1. The third kappa shape index (κ3) is 3.25. The average Bonchev–Trinajstić information content (AvgIpc) is 2.89. The maximum atomic E-state index is 5.78. The normalized spacial score (nSPS) is 10.7. The first-order valence-electron chi connectivity index (χ1n) is 6.77. The number of methoxy groups -OCH3 is 1. The molecule has 0 radical (unpaired) electrons. The Labute approximate surface area is 127 Å². The Hall–Kier alpha value is -2.27. The molecule has 2 aromatic carbocycles. The van der Waals surface area contributed by atoms with Crippen LogP contribution in [0.25, 0.3) is 10.2 Å². The maximum Gasteiger partial charge on any atom is 0.183 e. The molecule has 0 aliphatic rings. The van der Waals surface area contributed by atoms with Gasteiger partial charge in [0.15, 0.2) is 5.13 Å². The van der Waals surface area contributed by atoms with Gasteiger partial charge in [-0.1, -0.05) is 23.5 Å². The zero-order valence-electron chi connectivity index (χ0n) is 11.8. The molecule has 3 N–H and O–H groups in total. The van der Waals surface area contributed by atoms with Crippen LogP contribution in [0.5, 0.6) is 5.75 Å². The van der Waals surface area contributed by atoms with E-state index >= 15 is 0 Å². The van der Waals surface area contributed by atoms with Gasteiger partial charge in [-0.2, -0.15) is 0 Å². The van der Waals surface area contributed by atoms with Crippen molar-refractivity contribution >= 4 is 32.4 Å². The van der Waals surface area contributed by atoms with Crippen LogP contribution < -0.4 is 15.8 Å². The molecular formula is C16H17N3OS. The quantitative estimate of drug-likeness (QED) is 0.707. The SMILES string of the molecule is COc1cccc(CCNc2nc3ccc(N)cc3s2)c1. The number of nitrogens with one attached hydrogen (secondary N) is 1. The molecule has 0 atom stereocenters. The lowest BCUT2D eigenvalue weighted by Crippen LogP contribution is -2.04. The van der Waals surface area contributed by atoms with Crippen molar-refractivity contribution in [1.29, 1.82) is 0 Å². The summed E-state index contributed by atoms with van der Waals surface area (Å²) in [5, 5.41) is 4.29. The molecule has 3 rings (SSSR count). The van der Waals surface area contributed by atoms with Gasteiger partial charge < -0.3 is 15.8 Å². The van der Waals surface area contributed by atoms with E-state index < -0.39 is 0 Å². The van der Waals surface area contributed by atoms with E-state index in [2.05, 4.69) is 22.4 Å². The Kier molecular flexibility index (Phi) is 3.92. The number of fused-ring (bicyclic) bond motifs is 1. The van der Waals surface area contributed by atoms with Crippen LogP contribution in [0.2, 0.25) is 0 Å². The van der Waals surface area contributed by atoms with Crippen LogP contribution in [-0.4, -0.2) is 18.6 Å². The highest BCUT2D eigenvalue weighted by Crippen LogP contribution is 2.27. The smallest absolute Gasteiger partial charge is 0.183 e. The highest BCUT2D eigenvalue weighted by Gasteiger charge is 2.03. The van der Waals surface area contributed by atoms with Crippen molar-refractivity contribution < 1.29 is 4.74 Å². The van der Waals surface area contributed by atoms with E-state index in [-0.39, 0.29) is 0 Å². The van der Waals surface area contributed by atoms with E-state index in [1.807, 2.05) is 30.3 Å². The van der Waals surface area contributed by atoms with Crippen molar-refractivity contribution in [3.63, 3.8) is 0 Å². The van der Waals surface area contributed by atoms with Gasteiger partial charge in [0.05, 0.1) is 17.3 Å². The average molecular weight is 299 g/mol. The summed E-state index contributed by atoms with van der Waals surface area (Å²) in [6.07, 6.45) is 0.926. The van der Waals surface area contributed by atoms with E-state index in [4.69, 9.17) is 10.5 Å². The van der Waals surface area contributed by atoms with Gasteiger partial charge in [0.2, 0.25) is 0 Å². The van der Waals surface area contributed by atoms with Crippen LogP contribution in [0.3, 0.4) is 0 Å². The second-order valence-electron chi connectivity index (χ2n) is 4.77. The number of nitrogens with zero attached hydrogens (tertiary/aromatic N) is 1. The largest absolute Gasteiger partial charge is 0.497 e. The molecule has 0 fully saturated rings. The maximum absolute atomic E-state index is 5.78. The van der Waals surface area contributed by atoms with E-state index in [0.29, 0.717) is 0 Å². The van der Waals surface area contributed by atoms with E-state index in [1.54, 1.807) is 18.4 Å². The summed E-state index contributed by atoms with van der Waals surface area (Å²) in [6, 6.07) is 13.9. The van der Waals surface area contributed by atoms with Crippen molar-refractivity contribution in [3.05, 3.63) is 48.0 Å². The molecule has 0 aliphatic heterocycles. The topological polar surface area (TPSA) is 60.2 Å². The minimum atomic E-state index is 0.772. The molecular weight excluding hydrogens is 282 g/mol. The lowest BCUT2D eigenvalue weighted by Gasteiger charge is -2.05. The summed E-state index contributed by atoms with van der Waals surface area (Å²) in [4.78, 5) is 4.55. The summed E-state index contributed by atoms with van der Waals surface area (Å²) in [5.41, 5.74) is 8.78. The highest BCUT2D eigenvalue weighted by molar-refractivity contribution is 7.22. The second kappa shape index (κ2) is 6.01. The molecule has 3 aromatic rings. The number of hydrogen-bond donors (Lipinski definition) is 2. The summed E-state index contributed by atoms with van der Waals surface area (Å²) in [6.45, 7) is 0.836. The first-order chi connectivity index (χ1) is 10.2. The predicted molar refractivity (Wildman–Crippen MR) is 89.2 cm³/mol. The second-order valence-corrected chi connectivity index (χ2v) is 5.81. The van der Waals surface area contributed by atoms with Crippen molar-refractivity contribution in [2.24, 2.45) is 0 Å². The fourth-order valence-corrected chi connectivity index (χ4v) is 3.10. The first-order valence-corrected chi connectivity index (χ1v) is 7.59. The van der Waals surface area contributed by atoms with Gasteiger partial charge in [0.25, 0.3) is 0 Å². The molecule has 108 valence electrons. The summed E-state index contributed by atoms with van der Waals surface area (Å²) in [7, 11) is 1.68.